The molecule has 1 aromatic heterocycles. The number of hydrogen-bond acceptors (Lipinski definition) is 4. The number of nitrogens with one attached hydrogen (secondary N) is 1. The highest BCUT2D eigenvalue weighted by Gasteiger charge is 2.42. The van der Waals surface area contributed by atoms with Gasteiger partial charge in [0, 0.05) is 11.3 Å². The first-order valence-electron chi connectivity index (χ1n) is 7.34. The van der Waals surface area contributed by atoms with Crippen molar-refractivity contribution in [1.29, 1.82) is 0 Å². The Balaban J connectivity index is 1.82. The van der Waals surface area contributed by atoms with Gasteiger partial charge >= 0.3 is 0 Å². The number of hydrogen-bond donors (Lipinski definition) is 1. The average molecular weight is 310 g/mol. The lowest BCUT2D eigenvalue weighted by molar-refractivity contribution is -0.132. The molecule has 2 fully saturated rings. The molecule has 0 aromatic carbocycles. The summed E-state index contributed by atoms with van der Waals surface area (Å²) >= 11 is 3.65. The first kappa shape index (κ1) is 14.4. The quantitative estimate of drug-likeness (QED) is 0.930. The minimum atomic E-state index is -0.0606. The van der Waals surface area contributed by atoms with E-state index in [0.717, 1.165) is 12.8 Å². The number of amides is 1. The molecule has 1 aromatic rings. The molecule has 3 nitrogen and oxygen atoms in total. The molecule has 1 saturated carbocycles. The molecule has 110 valence electrons. The normalized spacial score (nSPS) is 34.7. The van der Waals surface area contributed by atoms with E-state index < -0.39 is 0 Å². The van der Waals surface area contributed by atoms with E-state index in [4.69, 9.17) is 0 Å². The van der Waals surface area contributed by atoms with Crippen LogP contribution in [0.3, 0.4) is 0 Å². The van der Waals surface area contributed by atoms with Crippen LogP contribution in [0.15, 0.2) is 16.8 Å². The molecule has 20 heavy (non-hydrogen) atoms. The number of thioether (sulfide) groups is 1. The maximum absolute atomic E-state index is 12.6. The molecular weight excluding hydrogens is 288 g/mol. The molecule has 1 amide bonds. The standard InChI is InChI=1S/C15H22N2OS2/c1-10-15(18)17(12-4-3-5-13(8-12)19-2)14(16-10)11-6-7-20-9-11/h6-7,9-10,12-14,16H,3-5,8H2,1-2H3. The summed E-state index contributed by atoms with van der Waals surface area (Å²) in [6.07, 6.45) is 7.10. The van der Waals surface area contributed by atoms with Gasteiger partial charge in [-0.1, -0.05) is 6.42 Å². The number of rotatable bonds is 3. The fraction of sp³-hybridized carbons (Fsp3) is 0.667. The molecule has 1 aliphatic heterocycles. The van der Waals surface area contributed by atoms with Gasteiger partial charge in [-0.15, -0.1) is 0 Å². The summed E-state index contributed by atoms with van der Waals surface area (Å²) in [4.78, 5) is 14.7. The highest BCUT2D eigenvalue weighted by Crippen LogP contribution is 2.36. The Labute approximate surface area is 129 Å². The summed E-state index contributed by atoms with van der Waals surface area (Å²) in [7, 11) is 0. The molecule has 1 aliphatic carbocycles. The van der Waals surface area contributed by atoms with Crippen LogP contribution in [0.1, 0.15) is 44.3 Å². The number of carbonyl (C=O) groups excluding carboxylic acids is 1. The Kier molecular flexibility index (Phi) is 4.38. The SMILES string of the molecule is CSC1CCCC(N2C(=O)C(C)NC2c2ccsc2)C1. The summed E-state index contributed by atoms with van der Waals surface area (Å²) < 4.78 is 0. The summed E-state index contributed by atoms with van der Waals surface area (Å²) in [5.74, 6) is 0.271. The van der Waals surface area contributed by atoms with Crippen LogP contribution in [0.25, 0.3) is 0 Å². The van der Waals surface area contributed by atoms with Gasteiger partial charge in [0.2, 0.25) is 5.91 Å². The molecule has 0 spiro atoms. The van der Waals surface area contributed by atoms with Crippen LogP contribution in [-0.2, 0) is 4.79 Å². The van der Waals surface area contributed by atoms with E-state index >= 15 is 0 Å². The molecule has 2 aliphatic rings. The maximum atomic E-state index is 12.6. The maximum Gasteiger partial charge on any atom is 0.241 e. The molecule has 1 saturated heterocycles. The van der Waals surface area contributed by atoms with E-state index in [1.807, 2.05) is 18.7 Å². The highest BCUT2D eigenvalue weighted by atomic mass is 32.2. The van der Waals surface area contributed by atoms with Crippen LogP contribution in [0, 0.1) is 0 Å². The van der Waals surface area contributed by atoms with E-state index in [1.54, 1.807) is 11.3 Å². The van der Waals surface area contributed by atoms with Gasteiger partial charge in [-0.2, -0.15) is 23.1 Å². The Bertz CT molecular complexity index is 462. The Hall–Kier alpha value is -0.520. The summed E-state index contributed by atoms with van der Waals surface area (Å²) in [6, 6.07) is 2.47. The van der Waals surface area contributed by atoms with E-state index in [9.17, 15) is 4.79 Å². The van der Waals surface area contributed by atoms with E-state index in [1.165, 1.54) is 18.4 Å². The van der Waals surface area contributed by atoms with Gasteiger partial charge in [0.05, 0.1) is 6.04 Å². The Morgan fingerprint density at radius 2 is 2.30 bits per heavy atom. The second-order valence-electron chi connectivity index (χ2n) is 5.77. The molecule has 2 heterocycles. The predicted octanol–water partition coefficient (Wildman–Crippen LogP) is 3.24. The monoisotopic (exact) mass is 310 g/mol. The minimum absolute atomic E-state index is 0.0606. The zero-order valence-electron chi connectivity index (χ0n) is 12.0. The first-order chi connectivity index (χ1) is 9.70. The van der Waals surface area contributed by atoms with Crippen molar-refractivity contribution in [3.63, 3.8) is 0 Å². The summed E-state index contributed by atoms with van der Waals surface area (Å²) in [5.41, 5.74) is 1.24. The van der Waals surface area contributed by atoms with Gasteiger partial charge in [-0.3, -0.25) is 10.1 Å². The van der Waals surface area contributed by atoms with Crippen LogP contribution in [0.5, 0.6) is 0 Å². The molecule has 3 rings (SSSR count). The smallest absolute Gasteiger partial charge is 0.241 e. The molecule has 1 N–H and O–H groups in total. The van der Waals surface area contributed by atoms with Gasteiger partial charge in [-0.05, 0) is 54.8 Å². The van der Waals surface area contributed by atoms with E-state index in [-0.39, 0.29) is 18.1 Å². The third-order valence-electron chi connectivity index (χ3n) is 4.50. The average Bonchev–Trinajstić information content (AvgIpc) is 3.08. The second kappa shape index (κ2) is 6.08. The molecule has 4 atom stereocenters. The van der Waals surface area contributed by atoms with Crippen molar-refractivity contribution >= 4 is 29.0 Å². The van der Waals surface area contributed by atoms with Crippen molar-refractivity contribution in [1.82, 2.24) is 10.2 Å². The van der Waals surface area contributed by atoms with Crippen LogP contribution >= 0.6 is 23.1 Å². The summed E-state index contributed by atoms with van der Waals surface area (Å²) in [5, 5.41) is 8.42. The first-order valence-corrected chi connectivity index (χ1v) is 9.57. The summed E-state index contributed by atoms with van der Waals surface area (Å²) in [6.45, 7) is 1.98. The van der Waals surface area contributed by atoms with Crippen LogP contribution in [0.4, 0.5) is 0 Å². The zero-order valence-corrected chi connectivity index (χ0v) is 13.7. The van der Waals surface area contributed by atoms with Crippen molar-refractivity contribution < 1.29 is 4.79 Å². The Morgan fingerprint density at radius 1 is 1.45 bits per heavy atom. The molecular formula is C15H22N2OS2. The lowest BCUT2D eigenvalue weighted by Gasteiger charge is -2.37. The largest absolute Gasteiger partial charge is 0.319 e. The second-order valence-corrected chi connectivity index (χ2v) is 7.69. The predicted molar refractivity (Wildman–Crippen MR) is 86.1 cm³/mol. The minimum Gasteiger partial charge on any atom is -0.319 e. The van der Waals surface area contributed by atoms with E-state index in [2.05, 4.69) is 33.3 Å². The van der Waals surface area contributed by atoms with E-state index in [0.29, 0.717) is 11.3 Å². The van der Waals surface area contributed by atoms with Crippen molar-refractivity contribution in [3.05, 3.63) is 22.4 Å². The van der Waals surface area contributed by atoms with Crippen LogP contribution < -0.4 is 5.32 Å². The van der Waals surface area contributed by atoms with Gasteiger partial charge in [-0.25, -0.2) is 0 Å². The lowest BCUT2D eigenvalue weighted by atomic mass is 9.93. The van der Waals surface area contributed by atoms with Gasteiger partial charge in [0.15, 0.2) is 0 Å². The molecule has 0 bridgehead atoms. The van der Waals surface area contributed by atoms with Crippen molar-refractivity contribution in [2.75, 3.05) is 6.26 Å². The van der Waals surface area contributed by atoms with Crippen LogP contribution in [0.2, 0.25) is 0 Å². The van der Waals surface area contributed by atoms with Crippen LogP contribution in [-0.4, -0.2) is 34.4 Å². The fourth-order valence-corrected chi connectivity index (χ4v) is 4.90. The number of thiophene rings is 1. The number of carbonyl (C=O) groups is 1. The third kappa shape index (κ3) is 2.63. The lowest BCUT2D eigenvalue weighted by Crippen LogP contribution is -2.43. The zero-order chi connectivity index (χ0) is 14.1. The third-order valence-corrected chi connectivity index (χ3v) is 6.29. The van der Waals surface area contributed by atoms with Gasteiger partial charge < -0.3 is 4.90 Å². The Morgan fingerprint density at radius 3 is 3.00 bits per heavy atom. The fourth-order valence-electron chi connectivity index (χ4n) is 3.40. The molecule has 5 heteroatoms. The molecule has 4 unspecified atom stereocenters. The van der Waals surface area contributed by atoms with Crippen molar-refractivity contribution in [2.24, 2.45) is 0 Å². The topological polar surface area (TPSA) is 32.3 Å². The van der Waals surface area contributed by atoms with Gasteiger partial charge in [0.1, 0.15) is 6.17 Å². The highest BCUT2D eigenvalue weighted by molar-refractivity contribution is 7.99. The van der Waals surface area contributed by atoms with Crippen molar-refractivity contribution in [2.45, 2.75) is 56.1 Å². The van der Waals surface area contributed by atoms with Gasteiger partial charge in [0.25, 0.3) is 0 Å². The molecule has 0 radical (unpaired) electrons. The van der Waals surface area contributed by atoms with Crippen molar-refractivity contribution in [3.8, 4) is 0 Å². The number of nitrogens with zero attached hydrogens (tertiary/aromatic N) is 1.